The fraction of sp³-hybridized carbons (Fsp3) is 0.318. The summed E-state index contributed by atoms with van der Waals surface area (Å²) in [6.45, 7) is 1.29. The number of hydrogen-bond acceptors (Lipinski definition) is 7. The molecular weight excluding hydrogens is 394 g/mol. The number of aromatic nitrogens is 6. The maximum atomic E-state index is 12.1. The van der Waals surface area contributed by atoms with E-state index in [4.69, 9.17) is 4.74 Å². The number of benzene rings is 1. The summed E-state index contributed by atoms with van der Waals surface area (Å²) in [6, 6.07) is 7.76. The average molecular weight is 417 g/mol. The number of carbonyl (C=O) groups excluding carboxylic acids is 1. The predicted octanol–water partition coefficient (Wildman–Crippen LogP) is 3.67. The summed E-state index contributed by atoms with van der Waals surface area (Å²) >= 11 is 0. The first-order valence-electron chi connectivity index (χ1n) is 10.5. The summed E-state index contributed by atoms with van der Waals surface area (Å²) in [5.41, 5.74) is 3.16. The summed E-state index contributed by atoms with van der Waals surface area (Å²) in [5, 5.41) is 7.59. The lowest BCUT2D eigenvalue weighted by molar-refractivity contribution is -0.119. The Bertz CT molecular complexity index is 1200. The number of nitrogens with zero attached hydrogens (tertiary/aromatic N) is 6. The highest BCUT2D eigenvalue weighted by molar-refractivity contribution is 5.78. The molecule has 158 valence electrons. The van der Waals surface area contributed by atoms with Gasteiger partial charge in [0.1, 0.15) is 23.4 Å². The van der Waals surface area contributed by atoms with Gasteiger partial charge in [0.05, 0.1) is 24.7 Å². The van der Waals surface area contributed by atoms with Crippen LogP contribution in [0, 0.1) is 0 Å². The largest absolute Gasteiger partial charge is 0.494 e. The molecule has 2 aliphatic rings. The standard InChI is InChI=1S/C22H23N7O2/c30-18-4-1-2-10-28-14-16(12-25-28)26-22-23-13-20-21(27-22)29(15-24-20)17-6-8-19(9-7-17)31-11-3-5-18/h6-9,12-15H,1-5,10-11H2,(H,23,26,27). The molecule has 9 heteroatoms. The molecule has 6 rings (SSSR count). The number of anilines is 2. The lowest BCUT2D eigenvalue weighted by atomic mass is 10.1. The molecule has 0 unspecified atom stereocenters. The number of Topliss-reactive ketones (excluding diaryl/α,β-unsaturated/α-hetero) is 1. The van der Waals surface area contributed by atoms with Crippen LogP contribution in [0.4, 0.5) is 11.6 Å². The van der Waals surface area contributed by atoms with Crippen LogP contribution in [-0.2, 0) is 11.3 Å². The molecule has 0 atom stereocenters. The van der Waals surface area contributed by atoms with Crippen LogP contribution in [-0.4, -0.2) is 41.7 Å². The van der Waals surface area contributed by atoms with Gasteiger partial charge in [0.15, 0.2) is 5.65 Å². The molecule has 1 aromatic carbocycles. The van der Waals surface area contributed by atoms with Crippen LogP contribution in [0.1, 0.15) is 32.1 Å². The van der Waals surface area contributed by atoms with E-state index < -0.39 is 0 Å². The quantitative estimate of drug-likeness (QED) is 0.466. The van der Waals surface area contributed by atoms with Gasteiger partial charge in [-0.15, -0.1) is 0 Å². The smallest absolute Gasteiger partial charge is 0.229 e. The van der Waals surface area contributed by atoms with Gasteiger partial charge < -0.3 is 10.1 Å². The molecule has 0 saturated carbocycles. The van der Waals surface area contributed by atoms with Gasteiger partial charge >= 0.3 is 0 Å². The van der Waals surface area contributed by atoms with Crippen LogP contribution in [0.15, 0.2) is 49.2 Å². The Labute approximate surface area is 179 Å². The van der Waals surface area contributed by atoms with E-state index in [9.17, 15) is 4.79 Å². The molecule has 6 bridgehead atoms. The summed E-state index contributed by atoms with van der Waals surface area (Å²) in [5.74, 6) is 1.54. The van der Waals surface area contributed by atoms with Crippen molar-refractivity contribution < 1.29 is 9.53 Å². The van der Waals surface area contributed by atoms with Crippen LogP contribution < -0.4 is 10.1 Å². The number of ketones is 1. The molecule has 0 spiro atoms. The topological polar surface area (TPSA) is 99.8 Å². The number of ether oxygens (including phenoxy) is 1. The van der Waals surface area contributed by atoms with E-state index in [0.29, 0.717) is 36.6 Å². The highest BCUT2D eigenvalue weighted by Gasteiger charge is 2.10. The van der Waals surface area contributed by atoms with Crippen LogP contribution >= 0.6 is 0 Å². The molecule has 0 aliphatic carbocycles. The van der Waals surface area contributed by atoms with E-state index in [1.165, 1.54) is 0 Å². The molecule has 0 saturated heterocycles. The fourth-order valence-electron chi connectivity index (χ4n) is 3.62. The zero-order valence-corrected chi connectivity index (χ0v) is 17.1. The van der Waals surface area contributed by atoms with Crippen molar-refractivity contribution in [3.8, 4) is 11.4 Å². The number of aryl methyl sites for hydroxylation is 1. The van der Waals surface area contributed by atoms with E-state index in [0.717, 1.165) is 42.9 Å². The van der Waals surface area contributed by atoms with Crippen molar-refractivity contribution in [1.82, 2.24) is 29.3 Å². The van der Waals surface area contributed by atoms with Gasteiger partial charge in [0.2, 0.25) is 5.95 Å². The van der Waals surface area contributed by atoms with Gasteiger partial charge in [-0.1, -0.05) is 0 Å². The van der Waals surface area contributed by atoms with Gasteiger partial charge in [-0.3, -0.25) is 14.0 Å². The van der Waals surface area contributed by atoms with Gasteiger partial charge in [-0.25, -0.2) is 9.97 Å². The molecule has 0 radical (unpaired) electrons. The maximum absolute atomic E-state index is 12.1. The minimum absolute atomic E-state index is 0.285. The molecule has 4 aromatic rings. The first kappa shape index (κ1) is 19.2. The Kier molecular flexibility index (Phi) is 5.30. The molecule has 0 amide bonds. The highest BCUT2D eigenvalue weighted by Crippen LogP contribution is 2.21. The van der Waals surface area contributed by atoms with Crippen LogP contribution in [0.3, 0.4) is 0 Å². The average Bonchev–Trinajstić information content (AvgIpc) is 3.41. The van der Waals surface area contributed by atoms with E-state index in [1.807, 2.05) is 39.7 Å². The van der Waals surface area contributed by atoms with Crippen LogP contribution in [0.2, 0.25) is 0 Å². The number of carbonyl (C=O) groups is 1. The molecule has 9 nitrogen and oxygen atoms in total. The van der Waals surface area contributed by atoms with Crippen molar-refractivity contribution in [2.75, 3.05) is 11.9 Å². The van der Waals surface area contributed by atoms with Crippen LogP contribution in [0.25, 0.3) is 16.9 Å². The molecule has 0 fully saturated rings. The van der Waals surface area contributed by atoms with Crippen molar-refractivity contribution in [2.45, 2.75) is 38.6 Å². The third-order valence-electron chi connectivity index (χ3n) is 5.26. The molecule has 1 N–H and O–H groups in total. The molecule has 3 aromatic heterocycles. The highest BCUT2D eigenvalue weighted by atomic mass is 16.5. The number of fused-ring (bicyclic) bond motifs is 10. The van der Waals surface area contributed by atoms with Crippen molar-refractivity contribution >= 4 is 28.6 Å². The minimum Gasteiger partial charge on any atom is -0.494 e. The Balaban J connectivity index is 1.45. The van der Waals surface area contributed by atoms with E-state index >= 15 is 0 Å². The zero-order chi connectivity index (χ0) is 21.0. The second kappa shape index (κ2) is 8.55. The first-order chi connectivity index (χ1) is 15.2. The summed E-state index contributed by atoms with van der Waals surface area (Å²) < 4.78 is 9.58. The number of imidazole rings is 1. The Morgan fingerprint density at radius 3 is 2.77 bits per heavy atom. The van der Waals surface area contributed by atoms with E-state index in [-0.39, 0.29) is 5.78 Å². The SMILES string of the molecule is O=C1CCCCn2cc(cn2)Nc2ncc3ncn(c3n2)-c2ccc(cc2)OCCC1. The monoisotopic (exact) mass is 417 g/mol. The normalized spacial score (nSPS) is 15.4. The van der Waals surface area contributed by atoms with E-state index in [2.05, 4.69) is 25.4 Å². The Morgan fingerprint density at radius 1 is 1.00 bits per heavy atom. The van der Waals surface area contributed by atoms with Crippen molar-refractivity contribution in [3.63, 3.8) is 0 Å². The second-order valence-electron chi connectivity index (χ2n) is 7.58. The molecule has 31 heavy (non-hydrogen) atoms. The number of nitrogens with one attached hydrogen (secondary N) is 1. The van der Waals surface area contributed by atoms with Gasteiger partial charge in [-0.2, -0.15) is 10.1 Å². The third kappa shape index (κ3) is 4.40. The predicted molar refractivity (Wildman–Crippen MR) is 116 cm³/mol. The van der Waals surface area contributed by atoms with Gasteiger partial charge in [-0.05, 0) is 43.5 Å². The van der Waals surface area contributed by atoms with Gasteiger partial charge in [0, 0.05) is 31.3 Å². The van der Waals surface area contributed by atoms with Crippen molar-refractivity contribution in [2.24, 2.45) is 0 Å². The maximum Gasteiger partial charge on any atom is 0.229 e. The Hall–Kier alpha value is -3.75. The molecule has 5 heterocycles. The lowest BCUT2D eigenvalue weighted by Gasteiger charge is -2.08. The lowest BCUT2D eigenvalue weighted by Crippen LogP contribution is -2.04. The van der Waals surface area contributed by atoms with E-state index in [1.54, 1.807) is 18.7 Å². The summed E-state index contributed by atoms with van der Waals surface area (Å²) in [7, 11) is 0. The first-order valence-corrected chi connectivity index (χ1v) is 10.5. The number of rotatable bonds is 0. The summed E-state index contributed by atoms with van der Waals surface area (Å²) in [4.78, 5) is 25.5. The summed E-state index contributed by atoms with van der Waals surface area (Å²) in [6.07, 6.45) is 10.7. The Morgan fingerprint density at radius 2 is 1.87 bits per heavy atom. The van der Waals surface area contributed by atoms with Crippen molar-refractivity contribution in [1.29, 1.82) is 0 Å². The van der Waals surface area contributed by atoms with Crippen LogP contribution in [0.5, 0.6) is 5.75 Å². The fourth-order valence-corrected chi connectivity index (χ4v) is 3.62. The second-order valence-corrected chi connectivity index (χ2v) is 7.58. The molecular formula is C22H23N7O2. The third-order valence-corrected chi connectivity index (χ3v) is 5.26. The molecule has 2 aliphatic heterocycles. The zero-order valence-electron chi connectivity index (χ0n) is 17.1. The van der Waals surface area contributed by atoms with Crippen molar-refractivity contribution in [3.05, 3.63) is 49.2 Å². The van der Waals surface area contributed by atoms with Gasteiger partial charge in [0.25, 0.3) is 0 Å². The number of hydrogen-bond donors (Lipinski definition) is 1. The minimum atomic E-state index is 0.285.